The van der Waals surface area contributed by atoms with E-state index in [1.807, 2.05) is 31.2 Å². The Balaban J connectivity index is 2.36. The summed E-state index contributed by atoms with van der Waals surface area (Å²) in [5.74, 6) is 1.22. The number of aryl methyl sites for hydroxylation is 2. The minimum absolute atomic E-state index is 0.0316. The largest absolute Gasteiger partial charge is 0.439 e. The van der Waals surface area contributed by atoms with Gasteiger partial charge in [0.2, 0.25) is 5.88 Å². The second-order valence-electron chi connectivity index (χ2n) is 4.38. The zero-order valence-corrected chi connectivity index (χ0v) is 11.5. The van der Waals surface area contributed by atoms with Crippen LogP contribution in [0, 0.1) is 6.92 Å². The van der Waals surface area contributed by atoms with Crippen molar-refractivity contribution in [3.63, 3.8) is 0 Å². The predicted molar refractivity (Wildman–Crippen MR) is 77.4 cm³/mol. The summed E-state index contributed by atoms with van der Waals surface area (Å²) in [6.07, 6.45) is 0.870. The first kappa shape index (κ1) is 13.9. The zero-order chi connectivity index (χ0) is 14.5. The molecule has 3 N–H and O–H groups in total. The summed E-state index contributed by atoms with van der Waals surface area (Å²) in [6, 6.07) is 11.2. The fraction of sp³-hybridized carbons (Fsp3) is 0.200. The molecule has 0 radical (unpaired) electrons. The summed E-state index contributed by atoms with van der Waals surface area (Å²) in [6.45, 7) is 3.89. The monoisotopic (exact) mass is 271 g/mol. The molecule has 0 aliphatic heterocycles. The van der Waals surface area contributed by atoms with Gasteiger partial charge in [-0.2, -0.15) is 0 Å². The fourth-order valence-corrected chi connectivity index (χ4v) is 1.90. The van der Waals surface area contributed by atoms with E-state index in [9.17, 15) is 0 Å². The minimum atomic E-state index is 0.0316. The van der Waals surface area contributed by atoms with Gasteiger partial charge in [0.05, 0.1) is 0 Å². The van der Waals surface area contributed by atoms with Gasteiger partial charge in [0, 0.05) is 17.3 Å². The van der Waals surface area contributed by atoms with Crippen molar-refractivity contribution in [3.8, 4) is 11.6 Å². The number of hydrogen-bond donors (Lipinski definition) is 2. The van der Waals surface area contributed by atoms with Gasteiger partial charge >= 0.3 is 0 Å². The highest BCUT2D eigenvalue weighted by molar-refractivity contribution is 5.97. The molecule has 0 spiro atoms. The molecule has 2 aromatic rings. The second-order valence-corrected chi connectivity index (χ2v) is 4.38. The van der Waals surface area contributed by atoms with Gasteiger partial charge < -0.3 is 15.7 Å². The van der Waals surface area contributed by atoms with Crippen LogP contribution in [0.25, 0.3) is 0 Å². The molecule has 0 aliphatic carbocycles. The Hall–Kier alpha value is -2.56. The highest BCUT2D eigenvalue weighted by atomic mass is 16.5. The lowest BCUT2D eigenvalue weighted by Crippen LogP contribution is -2.13. The molecule has 104 valence electrons. The van der Waals surface area contributed by atoms with Crippen LogP contribution in [0.5, 0.6) is 11.6 Å². The van der Waals surface area contributed by atoms with Crippen LogP contribution in [0.3, 0.4) is 0 Å². The standard InChI is InChI=1S/C15H17N3O2/c1-3-11-6-4-5-7-13(11)20-14-9-12(15(16)18-19)8-10(2)17-14/h4-9,19H,3H2,1-2H3,(H2,16,18). The van der Waals surface area contributed by atoms with E-state index in [1.54, 1.807) is 12.1 Å². The SMILES string of the molecule is CCc1ccccc1Oc1cc(/C(N)=N/O)cc(C)n1. The molecule has 0 atom stereocenters. The fourth-order valence-electron chi connectivity index (χ4n) is 1.90. The number of rotatable bonds is 4. The summed E-state index contributed by atoms with van der Waals surface area (Å²) in [4.78, 5) is 4.31. The van der Waals surface area contributed by atoms with Gasteiger partial charge in [-0.15, -0.1) is 0 Å². The van der Waals surface area contributed by atoms with E-state index < -0.39 is 0 Å². The molecule has 0 saturated carbocycles. The number of amidine groups is 1. The number of oxime groups is 1. The Morgan fingerprint density at radius 3 is 2.80 bits per heavy atom. The van der Waals surface area contributed by atoms with Gasteiger partial charge in [0.25, 0.3) is 0 Å². The number of para-hydroxylation sites is 1. The molecule has 1 aromatic heterocycles. The van der Waals surface area contributed by atoms with Crippen molar-refractivity contribution in [1.29, 1.82) is 0 Å². The summed E-state index contributed by atoms with van der Waals surface area (Å²) in [5.41, 5.74) is 8.00. The molecule has 1 heterocycles. The number of benzene rings is 1. The topological polar surface area (TPSA) is 80.7 Å². The van der Waals surface area contributed by atoms with Gasteiger partial charge in [0.1, 0.15) is 5.75 Å². The molecule has 0 amide bonds. The number of pyridine rings is 1. The van der Waals surface area contributed by atoms with Crippen LogP contribution in [-0.2, 0) is 6.42 Å². The molecular weight excluding hydrogens is 254 g/mol. The molecule has 20 heavy (non-hydrogen) atoms. The second kappa shape index (κ2) is 6.06. The molecule has 0 saturated heterocycles. The summed E-state index contributed by atoms with van der Waals surface area (Å²) >= 11 is 0. The lowest BCUT2D eigenvalue weighted by molar-refractivity contribution is 0.318. The van der Waals surface area contributed by atoms with Crippen LogP contribution in [0.1, 0.15) is 23.7 Å². The molecule has 5 nitrogen and oxygen atoms in total. The Labute approximate surface area is 117 Å². The number of aromatic nitrogens is 1. The number of ether oxygens (including phenoxy) is 1. The van der Waals surface area contributed by atoms with Crippen molar-refractivity contribution in [1.82, 2.24) is 4.98 Å². The molecule has 0 unspecified atom stereocenters. The number of nitrogens with two attached hydrogens (primary N) is 1. The summed E-state index contributed by atoms with van der Waals surface area (Å²) < 4.78 is 5.81. The third-order valence-corrected chi connectivity index (χ3v) is 2.90. The molecule has 1 aromatic carbocycles. The van der Waals surface area contributed by atoms with E-state index in [-0.39, 0.29) is 5.84 Å². The van der Waals surface area contributed by atoms with Crippen LogP contribution in [0.2, 0.25) is 0 Å². The Kier molecular flexibility index (Phi) is 4.20. The first-order chi connectivity index (χ1) is 9.63. The van der Waals surface area contributed by atoms with Crippen molar-refractivity contribution in [2.75, 3.05) is 0 Å². The Bertz CT molecular complexity index is 639. The normalized spacial score (nSPS) is 11.4. The van der Waals surface area contributed by atoms with Crippen LogP contribution >= 0.6 is 0 Å². The predicted octanol–water partition coefficient (Wildman–Crippen LogP) is 2.84. The van der Waals surface area contributed by atoms with E-state index in [1.165, 1.54) is 0 Å². The Morgan fingerprint density at radius 1 is 1.35 bits per heavy atom. The van der Waals surface area contributed by atoms with Gasteiger partial charge in [-0.05, 0) is 31.0 Å². The van der Waals surface area contributed by atoms with Crippen LogP contribution in [0.4, 0.5) is 0 Å². The molecule has 5 heteroatoms. The van der Waals surface area contributed by atoms with Crippen LogP contribution < -0.4 is 10.5 Å². The van der Waals surface area contributed by atoms with Gasteiger partial charge in [0.15, 0.2) is 5.84 Å². The van der Waals surface area contributed by atoms with Crippen molar-refractivity contribution >= 4 is 5.84 Å². The third kappa shape index (κ3) is 3.06. The van der Waals surface area contributed by atoms with Crippen molar-refractivity contribution in [2.45, 2.75) is 20.3 Å². The molecule has 0 fully saturated rings. The van der Waals surface area contributed by atoms with E-state index >= 15 is 0 Å². The van der Waals surface area contributed by atoms with Gasteiger partial charge in [-0.1, -0.05) is 30.3 Å². The Morgan fingerprint density at radius 2 is 2.10 bits per heavy atom. The van der Waals surface area contributed by atoms with E-state index in [2.05, 4.69) is 17.1 Å². The molecular formula is C15H17N3O2. The number of hydrogen-bond acceptors (Lipinski definition) is 4. The van der Waals surface area contributed by atoms with E-state index in [4.69, 9.17) is 15.7 Å². The zero-order valence-electron chi connectivity index (χ0n) is 11.5. The summed E-state index contributed by atoms with van der Waals surface area (Å²) in [7, 11) is 0. The van der Waals surface area contributed by atoms with Crippen molar-refractivity contribution in [2.24, 2.45) is 10.9 Å². The highest BCUT2D eigenvalue weighted by Crippen LogP contribution is 2.25. The van der Waals surface area contributed by atoms with Crippen molar-refractivity contribution < 1.29 is 9.94 Å². The van der Waals surface area contributed by atoms with Gasteiger partial charge in [-0.3, -0.25) is 0 Å². The summed E-state index contributed by atoms with van der Waals surface area (Å²) in [5, 5.41) is 11.7. The minimum Gasteiger partial charge on any atom is -0.439 e. The lowest BCUT2D eigenvalue weighted by atomic mass is 10.1. The first-order valence-electron chi connectivity index (χ1n) is 6.36. The smallest absolute Gasteiger partial charge is 0.220 e. The van der Waals surface area contributed by atoms with E-state index in [0.717, 1.165) is 23.4 Å². The third-order valence-electron chi connectivity index (χ3n) is 2.90. The maximum atomic E-state index is 8.74. The number of nitrogens with zero attached hydrogens (tertiary/aromatic N) is 2. The molecule has 2 rings (SSSR count). The van der Waals surface area contributed by atoms with Crippen LogP contribution in [-0.4, -0.2) is 16.0 Å². The first-order valence-corrected chi connectivity index (χ1v) is 6.36. The quantitative estimate of drug-likeness (QED) is 0.388. The van der Waals surface area contributed by atoms with E-state index in [0.29, 0.717) is 11.4 Å². The average Bonchev–Trinajstić information content (AvgIpc) is 2.46. The average molecular weight is 271 g/mol. The maximum Gasteiger partial charge on any atom is 0.220 e. The molecule has 0 aliphatic rings. The maximum absolute atomic E-state index is 8.74. The lowest BCUT2D eigenvalue weighted by Gasteiger charge is -2.10. The van der Waals surface area contributed by atoms with Crippen molar-refractivity contribution in [3.05, 3.63) is 53.2 Å². The van der Waals surface area contributed by atoms with Crippen LogP contribution in [0.15, 0.2) is 41.6 Å². The highest BCUT2D eigenvalue weighted by Gasteiger charge is 2.08. The van der Waals surface area contributed by atoms with Gasteiger partial charge in [-0.25, -0.2) is 4.98 Å². The molecule has 0 bridgehead atoms.